The van der Waals surface area contributed by atoms with Crippen LogP contribution in [0.3, 0.4) is 0 Å². The lowest BCUT2D eigenvalue weighted by atomic mass is 10.1. The fraction of sp³-hybridized carbons (Fsp3) is 0.474. The van der Waals surface area contributed by atoms with E-state index in [0.29, 0.717) is 18.8 Å². The predicted molar refractivity (Wildman–Crippen MR) is 95.3 cm³/mol. The fourth-order valence-corrected chi connectivity index (χ4v) is 3.06. The molecule has 2 aromatic rings. The van der Waals surface area contributed by atoms with Gasteiger partial charge in [0.25, 0.3) is 5.91 Å². The van der Waals surface area contributed by atoms with Gasteiger partial charge in [-0.25, -0.2) is 4.68 Å². The van der Waals surface area contributed by atoms with Crippen molar-refractivity contribution < 1.29 is 14.3 Å². The number of rotatable bonds is 5. The average Bonchev–Trinajstić information content (AvgIpc) is 3.17. The van der Waals surface area contributed by atoms with Crippen LogP contribution in [0.15, 0.2) is 36.5 Å². The molecule has 25 heavy (non-hydrogen) atoms. The van der Waals surface area contributed by atoms with Crippen molar-refractivity contribution in [2.24, 2.45) is 0 Å². The Morgan fingerprint density at radius 2 is 2.00 bits per heavy atom. The number of amides is 1. The van der Waals surface area contributed by atoms with Crippen LogP contribution in [0, 0.1) is 0 Å². The Hall–Kier alpha value is -2.34. The van der Waals surface area contributed by atoms with Crippen molar-refractivity contribution in [1.29, 1.82) is 0 Å². The van der Waals surface area contributed by atoms with Crippen LogP contribution in [0.4, 0.5) is 0 Å². The minimum Gasteiger partial charge on any atom is -0.497 e. The Labute approximate surface area is 148 Å². The summed E-state index contributed by atoms with van der Waals surface area (Å²) >= 11 is 0. The van der Waals surface area contributed by atoms with E-state index < -0.39 is 0 Å². The second kappa shape index (κ2) is 7.70. The first kappa shape index (κ1) is 17.5. The van der Waals surface area contributed by atoms with Crippen LogP contribution in [-0.2, 0) is 4.74 Å². The zero-order valence-corrected chi connectivity index (χ0v) is 15.0. The van der Waals surface area contributed by atoms with Crippen LogP contribution in [0.5, 0.6) is 5.75 Å². The van der Waals surface area contributed by atoms with E-state index in [1.54, 1.807) is 17.9 Å². The summed E-state index contributed by atoms with van der Waals surface area (Å²) in [5.74, 6) is 0.762. The molecule has 1 saturated heterocycles. The highest BCUT2D eigenvalue weighted by Crippen LogP contribution is 2.20. The van der Waals surface area contributed by atoms with Crippen molar-refractivity contribution in [3.05, 3.63) is 42.2 Å². The van der Waals surface area contributed by atoms with Gasteiger partial charge in [0.1, 0.15) is 5.75 Å². The minimum atomic E-state index is -0.0270. The van der Waals surface area contributed by atoms with Gasteiger partial charge in [-0.3, -0.25) is 4.79 Å². The molecule has 0 N–H and O–H groups in total. The summed E-state index contributed by atoms with van der Waals surface area (Å²) < 4.78 is 12.7. The van der Waals surface area contributed by atoms with Crippen LogP contribution < -0.4 is 4.74 Å². The number of carbonyl (C=O) groups is 1. The molecule has 0 saturated carbocycles. The van der Waals surface area contributed by atoms with Gasteiger partial charge >= 0.3 is 0 Å². The lowest BCUT2D eigenvalue weighted by Gasteiger charge is -2.38. The van der Waals surface area contributed by atoms with E-state index in [-0.39, 0.29) is 18.1 Å². The maximum atomic E-state index is 13.0. The Bertz CT molecular complexity index is 711. The molecular weight excluding hydrogens is 318 g/mol. The van der Waals surface area contributed by atoms with Gasteiger partial charge in [0.15, 0.2) is 5.69 Å². The summed E-state index contributed by atoms with van der Waals surface area (Å²) in [7, 11) is 1.63. The molecule has 6 heteroatoms. The number of nitrogens with zero attached hydrogens (tertiary/aromatic N) is 3. The summed E-state index contributed by atoms with van der Waals surface area (Å²) in [6, 6.07) is 9.46. The molecular formula is C19H25N3O3. The molecule has 2 unspecified atom stereocenters. The molecule has 2 heterocycles. The van der Waals surface area contributed by atoms with Crippen molar-refractivity contribution in [2.75, 3.05) is 20.3 Å². The average molecular weight is 343 g/mol. The summed E-state index contributed by atoms with van der Waals surface area (Å²) in [6.45, 7) is 5.39. The van der Waals surface area contributed by atoms with Gasteiger partial charge in [0.2, 0.25) is 0 Å². The Morgan fingerprint density at radius 3 is 2.64 bits per heavy atom. The van der Waals surface area contributed by atoms with E-state index in [1.165, 1.54) is 0 Å². The third-order valence-electron chi connectivity index (χ3n) is 4.70. The molecule has 0 radical (unpaired) electrons. The molecule has 1 aromatic heterocycles. The quantitative estimate of drug-likeness (QED) is 0.838. The molecule has 0 spiro atoms. The first-order chi connectivity index (χ1) is 12.2. The molecule has 3 rings (SSSR count). The maximum absolute atomic E-state index is 13.0. The second-order valence-corrected chi connectivity index (χ2v) is 6.23. The van der Waals surface area contributed by atoms with Crippen molar-refractivity contribution in [2.45, 2.75) is 38.8 Å². The van der Waals surface area contributed by atoms with E-state index in [2.05, 4.69) is 18.9 Å². The first-order valence-electron chi connectivity index (χ1n) is 8.78. The Balaban J connectivity index is 1.79. The van der Waals surface area contributed by atoms with Crippen molar-refractivity contribution in [3.63, 3.8) is 0 Å². The monoisotopic (exact) mass is 343 g/mol. The van der Waals surface area contributed by atoms with E-state index in [4.69, 9.17) is 9.47 Å². The van der Waals surface area contributed by atoms with Crippen molar-refractivity contribution in [3.8, 4) is 11.4 Å². The lowest BCUT2D eigenvalue weighted by molar-refractivity contribution is -0.0536. The molecule has 1 fully saturated rings. The number of methoxy groups -OCH3 is 1. The number of carbonyl (C=O) groups excluding carboxylic acids is 1. The molecule has 0 aliphatic carbocycles. The first-order valence-corrected chi connectivity index (χ1v) is 8.78. The van der Waals surface area contributed by atoms with Crippen molar-refractivity contribution >= 4 is 5.91 Å². The number of hydrogen-bond acceptors (Lipinski definition) is 4. The van der Waals surface area contributed by atoms with E-state index in [9.17, 15) is 4.79 Å². The SMILES string of the molecule is CCC1CN(C(=O)c2ccn(-c3ccc(OC)cc3)n2)C(CC)CO1. The zero-order valence-electron chi connectivity index (χ0n) is 15.0. The Kier molecular flexibility index (Phi) is 5.38. The number of ether oxygens (including phenoxy) is 2. The van der Waals surface area contributed by atoms with Crippen LogP contribution in [0.2, 0.25) is 0 Å². The third kappa shape index (κ3) is 3.69. The van der Waals surface area contributed by atoms with E-state index >= 15 is 0 Å². The van der Waals surface area contributed by atoms with Gasteiger partial charge in [-0.15, -0.1) is 0 Å². The van der Waals surface area contributed by atoms with Gasteiger partial charge in [-0.1, -0.05) is 13.8 Å². The molecule has 0 bridgehead atoms. The number of aromatic nitrogens is 2. The fourth-order valence-electron chi connectivity index (χ4n) is 3.06. The molecule has 2 atom stereocenters. The summed E-state index contributed by atoms with van der Waals surface area (Å²) in [5, 5.41) is 4.47. The normalized spacial score (nSPS) is 20.5. The number of morpholine rings is 1. The smallest absolute Gasteiger partial charge is 0.274 e. The largest absolute Gasteiger partial charge is 0.497 e. The van der Waals surface area contributed by atoms with Gasteiger partial charge < -0.3 is 14.4 Å². The highest BCUT2D eigenvalue weighted by molar-refractivity contribution is 5.92. The zero-order chi connectivity index (χ0) is 17.8. The molecule has 1 aliphatic rings. The highest BCUT2D eigenvalue weighted by atomic mass is 16.5. The lowest BCUT2D eigenvalue weighted by Crippen LogP contribution is -2.52. The topological polar surface area (TPSA) is 56.6 Å². The van der Waals surface area contributed by atoms with Crippen LogP contribution in [-0.4, -0.2) is 53.0 Å². The van der Waals surface area contributed by atoms with Crippen molar-refractivity contribution in [1.82, 2.24) is 14.7 Å². The van der Waals surface area contributed by atoms with Crippen LogP contribution >= 0.6 is 0 Å². The molecule has 6 nitrogen and oxygen atoms in total. The maximum Gasteiger partial charge on any atom is 0.274 e. The van der Waals surface area contributed by atoms with Crippen LogP contribution in [0.25, 0.3) is 5.69 Å². The molecule has 1 aliphatic heterocycles. The number of benzene rings is 1. The van der Waals surface area contributed by atoms with E-state index in [1.807, 2.05) is 35.4 Å². The predicted octanol–water partition coefficient (Wildman–Crippen LogP) is 2.91. The highest BCUT2D eigenvalue weighted by Gasteiger charge is 2.32. The second-order valence-electron chi connectivity index (χ2n) is 6.23. The van der Waals surface area contributed by atoms with Crippen LogP contribution in [0.1, 0.15) is 37.2 Å². The molecule has 1 amide bonds. The van der Waals surface area contributed by atoms with Gasteiger partial charge in [-0.2, -0.15) is 5.10 Å². The van der Waals surface area contributed by atoms with Gasteiger partial charge in [0.05, 0.1) is 31.5 Å². The summed E-state index contributed by atoms with van der Waals surface area (Å²) in [4.78, 5) is 14.9. The molecule has 134 valence electrons. The van der Waals surface area contributed by atoms with Gasteiger partial charge in [-0.05, 0) is 43.2 Å². The third-order valence-corrected chi connectivity index (χ3v) is 4.70. The van der Waals surface area contributed by atoms with E-state index in [0.717, 1.165) is 24.3 Å². The summed E-state index contributed by atoms with van der Waals surface area (Å²) in [5.41, 5.74) is 1.35. The molecule has 1 aromatic carbocycles. The summed E-state index contributed by atoms with van der Waals surface area (Å²) in [6.07, 6.45) is 3.70. The van der Waals surface area contributed by atoms with Gasteiger partial charge in [0, 0.05) is 12.7 Å². The Morgan fingerprint density at radius 1 is 1.24 bits per heavy atom. The number of hydrogen-bond donors (Lipinski definition) is 0. The standard InChI is InChI=1S/C19H25N3O3/c1-4-14-13-25-16(5-2)12-21(14)19(23)18-10-11-22(20-18)15-6-8-17(24-3)9-7-15/h6-11,14,16H,4-5,12-13H2,1-3H3. The minimum absolute atomic E-state index is 0.0270.